The van der Waals surface area contributed by atoms with E-state index >= 15 is 0 Å². The van der Waals surface area contributed by atoms with Gasteiger partial charge in [-0.05, 0) is 37.5 Å². The summed E-state index contributed by atoms with van der Waals surface area (Å²) >= 11 is 0. The van der Waals surface area contributed by atoms with Gasteiger partial charge in [0.05, 0.1) is 18.6 Å². The highest BCUT2D eigenvalue weighted by Crippen LogP contribution is 2.36. The van der Waals surface area contributed by atoms with E-state index in [2.05, 4.69) is 5.32 Å². The van der Waals surface area contributed by atoms with Crippen LogP contribution < -0.4 is 15.8 Å². The summed E-state index contributed by atoms with van der Waals surface area (Å²) in [5.74, 6) is 0.903. The molecule has 1 atom stereocenters. The largest absolute Gasteiger partial charge is 0.497 e. The van der Waals surface area contributed by atoms with E-state index in [0.29, 0.717) is 6.54 Å². The number of rotatable bonds is 5. The van der Waals surface area contributed by atoms with E-state index in [9.17, 15) is 4.79 Å². The van der Waals surface area contributed by atoms with Crippen LogP contribution in [0.5, 0.6) is 5.75 Å². The van der Waals surface area contributed by atoms with Crippen LogP contribution >= 0.6 is 0 Å². The lowest BCUT2D eigenvalue weighted by molar-refractivity contribution is -0.133. The predicted octanol–water partition coefficient (Wildman–Crippen LogP) is 2.78. The summed E-state index contributed by atoms with van der Waals surface area (Å²) in [5, 5.41) is 3.13. The highest BCUT2D eigenvalue weighted by atomic mass is 16.5. The number of hydrogen-bond acceptors (Lipinski definition) is 3. The van der Waals surface area contributed by atoms with Crippen molar-refractivity contribution < 1.29 is 9.53 Å². The molecule has 0 spiro atoms. The standard InChI is InChI=1S/C17H26N2O2/c1-13(14-7-6-8-15(11-14)21-2)19-16(20)17(12-18)9-4-3-5-10-17/h6-8,11,13H,3-5,9-10,12,18H2,1-2H3,(H,19,20). The van der Waals surface area contributed by atoms with E-state index in [0.717, 1.165) is 37.0 Å². The Morgan fingerprint density at radius 3 is 2.71 bits per heavy atom. The lowest BCUT2D eigenvalue weighted by Gasteiger charge is -2.35. The number of benzene rings is 1. The maximum atomic E-state index is 12.7. The normalized spacial score (nSPS) is 18.8. The van der Waals surface area contributed by atoms with Crippen LogP contribution in [0.15, 0.2) is 24.3 Å². The van der Waals surface area contributed by atoms with Crippen molar-refractivity contribution in [2.24, 2.45) is 11.1 Å². The summed E-state index contributed by atoms with van der Waals surface area (Å²) in [6, 6.07) is 7.76. The molecule has 1 saturated carbocycles. The van der Waals surface area contributed by atoms with Gasteiger partial charge in [-0.25, -0.2) is 0 Å². The van der Waals surface area contributed by atoms with E-state index in [1.54, 1.807) is 7.11 Å². The first-order chi connectivity index (χ1) is 10.1. The predicted molar refractivity (Wildman–Crippen MR) is 84.1 cm³/mol. The topological polar surface area (TPSA) is 64.3 Å². The molecular formula is C17H26N2O2. The molecule has 0 saturated heterocycles. The Labute approximate surface area is 127 Å². The second-order valence-electron chi connectivity index (χ2n) is 6.02. The SMILES string of the molecule is COc1cccc(C(C)NC(=O)C2(CN)CCCCC2)c1. The molecule has 2 rings (SSSR count). The molecule has 0 aromatic heterocycles. The summed E-state index contributed by atoms with van der Waals surface area (Å²) in [7, 11) is 1.65. The molecule has 1 fully saturated rings. The molecule has 116 valence electrons. The van der Waals surface area contributed by atoms with Gasteiger partial charge in [-0.2, -0.15) is 0 Å². The minimum atomic E-state index is -0.370. The zero-order valence-corrected chi connectivity index (χ0v) is 13.0. The molecular weight excluding hydrogens is 264 g/mol. The number of carbonyl (C=O) groups excluding carboxylic acids is 1. The second kappa shape index (κ2) is 6.94. The Morgan fingerprint density at radius 1 is 1.38 bits per heavy atom. The minimum Gasteiger partial charge on any atom is -0.497 e. The molecule has 0 aliphatic heterocycles. The van der Waals surface area contributed by atoms with E-state index in [1.807, 2.05) is 31.2 Å². The second-order valence-corrected chi connectivity index (χ2v) is 6.02. The zero-order chi connectivity index (χ0) is 15.3. The van der Waals surface area contributed by atoms with Crippen LogP contribution in [-0.4, -0.2) is 19.6 Å². The molecule has 1 aromatic carbocycles. The van der Waals surface area contributed by atoms with E-state index < -0.39 is 0 Å². The van der Waals surface area contributed by atoms with E-state index in [-0.39, 0.29) is 17.4 Å². The van der Waals surface area contributed by atoms with Gasteiger partial charge >= 0.3 is 0 Å². The number of carbonyl (C=O) groups is 1. The van der Waals surface area contributed by atoms with Gasteiger partial charge < -0.3 is 15.8 Å². The molecule has 0 heterocycles. The smallest absolute Gasteiger partial charge is 0.227 e. The fraction of sp³-hybridized carbons (Fsp3) is 0.588. The third-order valence-electron chi connectivity index (χ3n) is 4.62. The van der Waals surface area contributed by atoms with Gasteiger partial charge in [0, 0.05) is 6.54 Å². The fourth-order valence-corrected chi connectivity index (χ4v) is 3.10. The van der Waals surface area contributed by atoms with E-state index in [4.69, 9.17) is 10.5 Å². The minimum absolute atomic E-state index is 0.0436. The first-order valence-corrected chi connectivity index (χ1v) is 7.76. The Hall–Kier alpha value is -1.55. The van der Waals surface area contributed by atoms with Gasteiger partial charge in [0.2, 0.25) is 5.91 Å². The average molecular weight is 290 g/mol. The molecule has 4 nitrogen and oxygen atoms in total. The lowest BCUT2D eigenvalue weighted by Crippen LogP contribution is -2.47. The van der Waals surface area contributed by atoms with Gasteiger partial charge in [-0.3, -0.25) is 4.79 Å². The fourth-order valence-electron chi connectivity index (χ4n) is 3.10. The third kappa shape index (κ3) is 3.56. The maximum absolute atomic E-state index is 12.7. The van der Waals surface area contributed by atoms with Crippen molar-refractivity contribution >= 4 is 5.91 Å². The Kier molecular flexibility index (Phi) is 5.23. The van der Waals surface area contributed by atoms with Gasteiger partial charge in [0.15, 0.2) is 0 Å². The highest BCUT2D eigenvalue weighted by molar-refractivity contribution is 5.83. The van der Waals surface area contributed by atoms with Crippen molar-refractivity contribution in [1.29, 1.82) is 0 Å². The first kappa shape index (κ1) is 15.8. The molecule has 1 aliphatic carbocycles. The number of nitrogens with one attached hydrogen (secondary N) is 1. The third-order valence-corrected chi connectivity index (χ3v) is 4.62. The number of amides is 1. The van der Waals surface area contributed by atoms with Gasteiger partial charge in [-0.15, -0.1) is 0 Å². The van der Waals surface area contributed by atoms with Crippen molar-refractivity contribution in [2.75, 3.05) is 13.7 Å². The van der Waals surface area contributed by atoms with Crippen molar-refractivity contribution in [3.63, 3.8) is 0 Å². The van der Waals surface area contributed by atoms with Gasteiger partial charge in [-0.1, -0.05) is 31.4 Å². The Bertz CT molecular complexity index is 481. The molecule has 4 heteroatoms. The van der Waals surface area contributed by atoms with Crippen LogP contribution in [0.4, 0.5) is 0 Å². The van der Waals surface area contributed by atoms with Crippen molar-refractivity contribution in [3.8, 4) is 5.75 Å². The number of methoxy groups -OCH3 is 1. The van der Waals surface area contributed by atoms with Gasteiger partial charge in [0.1, 0.15) is 5.75 Å². The monoisotopic (exact) mass is 290 g/mol. The van der Waals surface area contributed by atoms with Crippen LogP contribution in [0.1, 0.15) is 50.6 Å². The summed E-state index contributed by atoms with van der Waals surface area (Å²) in [6.45, 7) is 2.43. The number of nitrogens with two attached hydrogens (primary N) is 1. The summed E-state index contributed by atoms with van der Waals surface area (Å²) in [4.78, 5) is 12.7. The molecule has 0 radical (unpaired) electrons. The molecule has 3 N–H and O–H groups in total. The highest BCUT2D eigenvalue weighted by Gasteiger charge is 2.38. The zero-order valence-electron chi connectivity index (χ0n) is 13.0. The quantitative estimate of drug-likeness (QED) is 0.876. The summed E-state index contributed by atoms with van der Waals surface area (Å²) in [5.41, 5.74) is 6.60. The summed E-state index contributed by atoms with van der Waals surface area (Å²) < 4.78 is 5.23. The lowest BCUT2D eigenvalue weighted by atomic mass is 9.73. The van der Waals surface area contributed by atoms with Crippen LogP contribution in [-0.2, 0) is 4.79 Å². The van der Waals surface area contributed by atoms with Crippen LogP contribution in [0.2, 0.25) is 0 Å². The van der Waals surface area contributed by atoms with Crippen LogP contribution in [0.25, 0.3) is 0 Å². The average Bonchev–Trinajstić information content (AvgIpc) is 2.55. The summed E-state index contributed by atoms with van der Waals surface area (Å²) in [6.07, 6.45) is 5.21. The Morgan fingerprint density at radius 2 is 2.10 bits per heavy atom. The number of ether oxygens (including phenoxy) is 1. The van der Waals surface area contributed by atoms with Crippen molar-refractivity contribution in [2.45, 2.75) is 45.1 Å². The van der Waals surface area contributed by atoms with Gasteiger partial charge in [0.25, 0.3) is 0 Å². The first-order valence-electron chi connectivity index (χ1n) is 7.76. The van der Waals surface area contributed by atoms with Crippen LogP contribution in [0.3, 0.4) is 0 Å². The Balaban J connectivity index is 2.06. The molecule has 1 aliphatic rings. The molecule has 1 aromatic rings. The van der Waals surface area contributed by atoms with Crippen molar-refractivity contribution in [1.82, 2.24) is 5.32 Å². The molecule has 21 heavy (non-hydrogen) atoms. The number of hydrogen-bond donors (Lipinski definition) is 2. The molecule has 0 bridgehead atoms. The van der Waals surface area contributed by atoms with Crippen molar-refractivity contribution in [3.05, 3.63) is 29.8 Å². The molecule has 1 amide bonds. The maximum Gasteiger partial charge on any atom is 0.227 e. The van der Waals surface area contributed by atoms with E-state index in [1.165, 1.54) is 6.42 Å². The van der Waals surface area contributed by atoms with Crippen LogP contribution in [0, 0.1) is 5.41 Å². The molecule has 1 unspecified atom stereocenters.